The van der Waals surface area contributed by atoms with Gasteiger partial charge in [-0.2, -0.15) is 0 Å². The Morgan fingerprint density at radius 3 is 2.68 bits per heavy atom. The zero-order valence-corrected chi connectivity index (χ0v) is 16.1. The van der Waals surface area contributed by atoms with Gasteiger partial charge in [0.2, 0.25) is 5.91 Å². The van der Waals surface area contributed by atoms with Crippen LogP contribution in [0.5, 0.6) is 0 Å². The highest BCUT2D eigenvalue weighted by atomic mass is 16.2. The van der Waals surface area contributed by atoms with Gasteiger partial charge in [0.25, 0.3) is 0 Å². The Kier molecular flexibility index (Phi) is 4.48. The molecule has 1 heterocycles. The Bertz CT molecular complexity index is 827. The Morgan fingerprint density at radius 2 is 2.04 bits per heavy atom. The number of allylic oxidation sites excluding steroid dienone is 2. The van der Waals surface area contributed by atoms with Gasteiger partial charge < -0.3 is 9.88 Å². The van der Waals surface area contributed by atoms with Gasteiger partial charge >= 0.3 is 0 Å². The summed E-state index contributed by atoms with van der Waals surface area (Å²) in [6.07, 6.45) is 2.23. The van der Waals surface area contributed by atoms with Crippen molar-refractivity contribution in [3.8, 4) is 0 Å². The molecule has 0 spiro atoms. The minimum absolute atomic E-state index is 0.0337. The molecular weight excluding hydrogens is 310 g/mol. The van der Waals surface area contributed by atoms with Gasteiger partial charge in [0.15, 0.2) is 0 Å². The number of carbonyl (C=O) groups is 1. The Balaban J connectivity index is 1.80. The van der Waals surface area contributed by atoms with Crippen molar-refractivity contribution < 1.29 is 4.79 Å². The average molecular weight is 339 g/mol. The minimum Gasteiger partial charge on any atom is -0.346 e. The minimum atomic E-state index is -0.108. The predicted molar refractivity (Wildman–Crippen MR) is 102 cm³/mol. The second-order valence-electron chi connectivity index (χ2n) is 8.00. The van der Waals surface area contributed by atoms with Crippen molar-refractivity contribution in [1.29, 1.82) is 0 Å². The summed E-state index contributed by atoms with van der Waals surface area (Å²) in [7, 11) is 0. The van der Waals surface area contributed by atoms with E-state index in [9.17, 15) is 4.79 Å². The number of amides is 1. The number of aryl methyl sites for hydroxylation is 1. The number of fused-ring (bicyclic) bond motifs is 1. The third kappa shape index (κ3) is 3.10. The lowest BCUT2D eigenvalue weighted by Crippen LogP contribution is -2.31. The summed E-state index contributed by atoms with van der Waals surface area (Å²) in [5.74, 6) is 1.43. The van der Waals surface area contributed by atoms with Crippen LogP contribution in [0.25, 0.3) is 11.0 Å². The van der Waals surface area contributed by atoms with E-state index in [-0.39, 0.29) is 23.3 Å². The maximum Gasteiger partial charge on any atom is 0.224 e. The lowest BCUT2D eigenvalue weighted by Gasteiger charge is -2.16. The Hall–Kier alpha value is -2.10. The van der Waals surface area contributed by atoms with Gasteiger partial charge in [0.05, 0.1) is 23.0 Å². The summed E-state index contributed by atoms with van der Waals surface area (Å²) in [5.41, 5.74) is 3.41. The molecule has 0 bridgehead atoms. The van der Waals surface area contributed by atoms with Gasteiger partial charge in [-0.1, -0.05) is 37.6 Å². The van der Waals surface area contributed by atoms with E-state index < -0.39 is 0 Å². The van der Waals surface area contributed by atoms with Gasteiger partial charge in [0.1, 0.15) is 5.82 Å². The molecule has 1 N–H and O–H groups in total. The van der Waals surface area contributed by atoms with Crippen LogP contribution in [0.3, 0.4) is 0 Å². The number of benzene rings is 1. The molecule has 4 nitrogen and oxygen atoms in total. The van der Waals surface area contributed by atoms with Gasteiger partial charge in [-0.05, 0) is 51.2 Å². The fraction of sp³-hybridized carbons (Fsp3) is 0.524. The monoisotopic (exact) mass is 339 g/mol. The van der Waals surface area contributed by atoms with Crippen molar-refractivity contribution in [3.63, 3.8) is 0 Å². The smallest absolute Gasteiger partial charge is 0.224 e. The predicted octanol–water partition coefficient (Wildman–Crippen LogP) is 4.47. The summed E-state index contributed by atoms with van der Waals surface area (Å²) in [6, 6.07) is 8.02. The van der Waals surface area contributed by atoms with Crippen LogP contribution >= 0.6 is 0 Å². The number of imidazole rings is 1. The van der Waals surface area contributed by atoms with Crippen LogP contribution in [0.15, 0.2) is 35.9 Å². The zero-order chi connectivity index (χ0) is 18.4. The van der Waals surface area contributed by atoms with Gasteiger partial charge in [-0.3, -0.25) is 4.79 Å². The highest BCUT2D eigenvalue weighted by Crippen LogP contribution is 2.59. The topological polar surface area (TPSA) is 46.9 Å². The number of hydrogen-bond donors (Lipinski definition) is 1. The summed E-state index contributed by atoms with van der Waals surface area (Å²) < 4.78 is 2.19. The molecular formula is C21H29N3O. The highest BCUT2D eigenvalue weighted by molar-refractivity contribution is 5.84. The second kappa shape index (κ2) is 6.32. The molecule has 25 heavy (non-hydrogen) atoms. The number of para-hydroxylation sites is 2. The van der Waals surface area contributed by atoms with Crippen LogP contribution in [0.2, 0.25) is 0 Å². The zero-order valence-electron chi connectivity index (χ0n) is 16.1. The molecule has 1 aliphatic carbocycles. The molecule has 0 saturated heterocycles. The SMILES string of the molecule is CCn1c([C@H](C)NC(=O)[C@H]2[C@@H](C=C(C)C)C2(C)C)nc2ccccc21. The Morgan fingerprint density at radius 1 is 1.36 bits per heavy atom. The van der Waals surface area contributed by atoms with E-state index in [2.05, 4.69) is 56.6 Å². The van der Waals surface area contributed by atoms with Crippen LogP contribution in [0.4, 0.5) is 0 Å². The molecule has 1 amide bonds. The van der Waals surface area contributed by atoms with Crippen LogP contribution in [-0.4, -0.2) is 15.5 Å². The molecule has 134 valence electrons. The van der Waals surface area contributed by atoms with Gasteiger partial charge in [-0.15, -0.1) is 0 Å². The van der Waals surface area contributed by atoms with Gasteiger partial charge in [0, 0.05) is 6.54 Å². The third-order valence-corrected chi connectivity index (χ3v) is 5.45. The third-order valence-electron chi connectivity index (χ3n) is 5.45. The lowest BCUT2D eigenvalue weighted by atomic mass is 10.1. The Labute approximate surface area is 150 Å². The van der Waals surface area contributed by atoms with Crippen LogP contribution in [0.1, 0.15) is 53.4 Å². The first-order chi connectivity index (χ1) is 11.8. The normalized spacial score (nSPS) is 22.5. The maximum absolute atomic E-state index is 12.8. The molecule has 3 rings (SSSR count). The standard InChI is InChI=1S/C21H29N3O/c1-7-24-17-11-9-8-10-16(17)23-19(24)14(4)22-20(25)18-15(12-13(2)3)21(18,5)6/h8-12,14-15,18H,7H2,1-6H3,(H,22,25)/t14-,15+,18+/m0/s1. The first kappa shape index (κ1) is 17.7. The van der Waals surface area contributed by atoms with E-state index >= 15 is 0 Å². The molecule has 0 unspecified atom stereocenters. The fourth-order valence-electron chi connectivity index (χ4n) is 3.97. The molecule has 4 heteroatoms. The molecule has 0 radical (unpaired) electrons. The molecule has 3 atom stereocenters. The number of nitrogens with zero attached hydrogens (tertiary/aromatic N) is 2. The molecule has 1 fully saturated rings. The molecule has 2 aromatic rings. The summed E-state index contributed by atoms with van der Waals surface area (Å²) in [6.45, 7) is 13.5. The number of carbonyl (C=O) groups excluding carboxylic acids is 1. The maximum atomic E-state index is 12.8. The highest BCUT2D eigenvalue weighted by Gasteiger charge is 2.60. The van der Waals surface area contributed by atoms with Crippen molar-refractivity contribution in [3.05, 3.63) is 41.7 Å². The number of rotatable bonds is 5. The first-order valence-corrected chi connectivity index (χ1v) is 9.18. The van der Waals surface area contributed by atoms with E-state index in [1.165, 1.54) is 5.57 Å². The first-order valence-electron chi connectivity index (χ1n) is 9.18. The van der Waals surface area contributed by atoms with E-state index in [1.807, 2.05) is 25.1 Å². The lowest BCUT2D eigenvalue weighted by molar-refractivity contribution is -0.123. The number of nitrogens with one attached hydrogen (secondary N) is 1. The van der Waals surface area contributed by atoms with E-state index in [0.717, 1.165) is 23.4 Å². The van der Waals surface area contributed by atoms with Crippen LogP contribution in [-0.2, 0) is 11.3 Å². The van der Waals surface area contributed by atoms with Crippen LogP contribution < -0.4 is 5.32 Å². The largest absolute Gasteiger partial charge is 0.346 e. The van der Waals surface area contributed by atoms with Crippen molar-refractivity contribution in [1.82, 2.24) is 14.9 Å². The van der Waals surface area contributed by atoms with Crippen molar-refractivity contribution in [2.45, 2.75) is 54.1 Å². The molecule has 1 aliphatic rings. The summed E-state index contributed by atoms with van der Waals surface area (Å²) in [4.78, 5) is 17.6. The molecule has 1 saturated carbocycles. The van der Waals surface area contributed by atoms with E-state index in [0.29, 0.717) is 5.92 Å². The van der Waals surface area contributed by atoms with Crippen molar-refractivity contribution >= 4 is 16.9 Å². The van der Waals surface area contributed by atoms with Crippen molar-refractivity contribution in [2.24, 2.45) is 17.3 Å². The van der Waals surface area contributed by atoms with Crippen LogP contribution in [0, 0.1) is 17.3 Å². The second-order valence-corrected chi connectivity index (χ2v) is 8.00. The van der Waals surface area contributed by atoms with E-state index in [1.54, 1.807) is 0 Å². The number of aromatic nitrogens is 2. The molecule has 0 aliphatic heterocycles. The quantitative estimate of drug-likeness (QED) is 0.817. The number of hydrogen-bond acceptors (Lipinski definition) is 2. The average Bonchev–Trinajstić information content (AvgIpc) is 2.92. The van der Waals surface area contributed by atoms with Crippen molar-refractivity contribution in [2.75, 3.05) is 0 Å². The molecule has 1 aromatic heterocycles. The molecule has 1 aromatic carbocycles. The van der Waals surface area contributed by atoms with Gasteiger partial charge in [-0.25, -0.2) is 4.98 Å². The fourth-order valence-corrected chi connectivity index (χ4v) is 3.97. The summed E-state index contributed by atoms with van der Waals surface area (Å²) in [5, 5.41) is 3.20. The summed E-state index contributed by atoms with van der Waals surface area (Å²) >= 11 is 0. The van der Waals surface area contributed by atoms with E-state index in [4.69, 9.17) is 4.98 Å².